The quantitative estimate of drug-likeness (QED) is 0.751. The van der Waals surface area contributed by atoms with Gasteiger partial charge in [0.1, 0.15) is 11.4 Å². The average Bonchev–Trinajstić information content (AvgIpc) is 2.80. The smallest absolute Gasteiger partial charge is 0.275 e. The number of thiazole rings is 1. The first-order chi connectivity index (χ1) is 9.04. The highest BCUT2D eigenvalue weighted by Gasteiger charge is 2.11. The van der Waals surface area contributed by atoms with E-state index in [1.807, 2.05) is 13.8 Å². The van der Waals surface area contributed by atoms with Gasteiger partial charge in [0.05, 0.1) is 0 Å². The lowest BCUT2D eigenvalue weighted by Crippen LogP contribution is -2.13. The van der Waals surface area contributed by atoms with Gasteiger partial charge in [-0.1, -0.05) is 0 Å². The van der Waals surface area contributed by atoms with Crippen molar-refractivity contribution in [3.63, 3.8) is 0 Å². The number of phenols is 1. The maximum Gasteiger partial charge on any atom is 0.275 e. The van der Waals surface area contributed by atoms with E-state index in [-0.39, 0.29) is 17.7 Å². The molecule has 0 saturated carbocycles. The van der Waals surface area contributed by atoms with Gasteiger partial charge in [-0.2, -0.15) is 0 Å². The zero-order chi connectivity index (χ0) is 13.8. The van der Waals surface area contributed by atoms with Crippen LogP contribution in [-0.2, 0) is 0 Å². The number of nitrogens with zero attached hydrogens (tertiary/aromatic N) is 1. The van der Waals surface area contributed by atoms with Crippen LogP contribution in [0.5, 0.6) is 5.75 Å². The van der Waals surface area contributed by atoms with Crippen LogP contribution in [0.4, 0.5) is 10.8 Å². The van der Waals surface area contributed by atoms with Crippen molar-refractivity contribution in [3.8, 4) is 5.75 Å². The molecule has 1 heterocycles. The third-order valence-electron chi connectivity index (χ3n) is 2.27. The largest absolute Gasteiger partial charge is 0.508 e. The van der Waals surface area contributed by atoms with E-state index in [2.05, 4.69) is 15.6 Å². The molecule has 6 heteroatoms. The topological polar surface area (TPSA) is 74.2 Å². The second-order valence-electron chi connectivity index (χ2n) is 4.34. The molecule has 1 amide bonds. The fourth-order valence-corrected chi connectivity index (χ4v) is 2.27. The Labute approximate surface area is 115 Å². The Hall–Kier alpha value is -2.08. The van der Waals surface area contributed by atoms with Crippen molar-refractivity contribution in [1.82, 2.24) is 4.98 Å². The molecule has 0 saturated heterocycles. The van der Waals surface area contributed by atoms with Crippen molar-refractivity contribution in [1.29, 1.82) is 0 Å². The molecule has 0 aliphatic rings. The zero-order valence-electron chi connectivity index (χ0n) is 10.7. The maximum atomic E-state index is 11.9. The van der Waals surface area contributed by atoms with Crippen molar-refractivity contribution in [2.75, 3.05) is 10.6 Å². The second kappa shape index (κ2) is 5.71. The number of hydrogen-bond acceptors (Lipinski definition) is 5. The van der Waals surface area contributed by atoms with Crippen molar-refractivity contribution in [2.45, 2.75) is 19.9 Å². The highest BCUT2D eigenvalue weighted by Crippen LogP contribution is 2.18. The molecule has 19 heavy (non-hydrogen) atoms. The number of rotatable bonds is 4. The highest BCUT2D eigenvalue weighted by molar-refractivity contribution is 7.13. The lowest BCUT2D eigenvalue weighted by Gasteiger charge is -2.05. The molecule has 0 unspecified atom stereocenters. The van der Waals surface area contributed by atoms with Crippen molar-refractivity contribution in [3.05, 3.63) is 35.3 Å². The van der Waals surface area contributed by atoms with Crippen LogP contribution in [0.3, 0.4) is 0 Å². The minimum Gasteiger partial charge on any atom is -0.508 e. The van der Waals surface area contributed by atoms with Crippen LogP contribution in [0.2, 0.25) is 0 Å². The monoisotopic (exact) mass is 277 g/mol. The van der Waals surface area contributed by atoms with Gasteiger partial charge in [-0.15, -0.1) is 11.3 Å². The molecular formula is C13H15N3O2S. The Morgan fingerprint density at radius 1 is 1.32 bits per heavy atom. The molecule has 100 valence electrons. The number of nitrogens with one attached hydrogen (secondary N) is 2. The van der Waals surface area contributed by atoms with Crippen LogP contribution in [0, 0.1) is 0 Å². The van der Waals surface area contributed by atoms with Crippen molar-refractivity contribution >= 4 is 28.1 Å². The number of anilines is 2. The molecular weight excluding hydrogens is 262 g/mol. The average molecular weight is 277 g/mol. The van der Waals surface area contributed by atoms with E-state index in [0.717, 1.165) is 5.13 Å². The normalized spacial score (nSPS) is 10.5. The van der Waals surface area contributed by atoms with Crippen LogP contribution < -0.4 is 10.6 Å². The first kappa shape index (κ1) is 13.4. The van der Waals surface area contributed by atoms with Crippen LogP contribution in [0.1, 0.15) is 24.3 Å². The SMILES string of the molecule is CC(C)Nc1nc(C(=O)Nc2ccc(O)cc2)cs1. The lowest BCUT2D eigenvalue weighted by molar-refractivity contribution is 0.102. The van der Waals surface area contributed by atoms with Crippen molar-refractivity contribution < 1.29 is 9.90 Å². The molecule has 2 rings (SSSR count). The molecule has 0 spiro atoms. The molecule has 1 aromatic carbocycles. The van der Waals surface area contributed by atoms with Gasteiger partial charge >= 0.3 is 0 Å². The Kier molecular flexibility index (Phi) is 4.01. The van der Waals surface area contributed by atoms with Crippen LogP contribution in [0.25, 0.3) is 0 Å². The molecule has 3 N–H and O–H groups in total. The van der Waals surface area contributed by atoms with E-state index >= 15 is 0 Å². The summed E-state index contributed by atoms with van der Waals surface area (Å²) in [7, 11) is 0. The summed E-state index contributed by atoms with van der Waals surface area (Å²) < 4.78 is 0. The minimum atomic E-state index is -0.265. The number of phenolic OH excluding ortho intramolecular Hbond substituents is 1. The number of benzene rings is 1. The van der Waals surface area contributed by atoms with Crippen molar-refractivity contribution in [2.24, 2.45) is 0 Å². The molecule has 0 aliphatic heterocycles. The predicted octanol–water partition coefficient (Wildman–Crippen LogP) is 2.92. The number of aromatic nitrogens is 1. The minimum absolute atomic E-state index is 0.162. The van der Waals surface area contributed by atoms with Gasteiger partial charge < -0.3 is 15.7 Å². The zero-order valence-corrected chi connectivity index (χ0v) is 11.5. The summed E-state index contributed by atoms with van der Waals surface area (Å²) >= 11 is 1.40. The molecule has 0 bridgehead atoms. The number of amides is 1. The van der Waals surface area contributed by atoms with Crippen LogP contribution >= 0.6 is 11.3 Å². The Morgan fingerprint density at radius 3 is 2.63 bits per heavy atom. The molecule has 0 fully saturated rings. The van der Waals surface area contributed by atoms with E-state index in [1.165, 1.54) is 23.5 Å². The third-order valence-corrected chi connectivity index (χ3v) is 3.05. The first-order valence-corrected chi connectivity index (χ1v) is 6.75. The molecule has 0 aliphatic carbocycles. The molecule has 2 aromatic rings. The van der Waals surface area contributed by atoms with Gasteiger partial charge in [0.2, 0.25) is 0 Å². The van der Waals surface area contributed by atoms with Crippen LogP contribution in [-0.4, -0.2) is 22.0 Å². The summed E-state index contributed by atoms with van der Waals surface area (Å²) in [5, 5.41) is 17.5. The van der Waals surface area contributed by atoms with E-state index in [9.17, 15) is 4.79 Å². The predicted molar refractivity (Wildman–Crippen MR) is 76.9 cm³/mol. The van der Waals surface area contributed by atoms with E-state index in [4.69, 9.17) is 5.11 Å². The molecule has 5 nitrogen and oxygen atoms in total. The second-order valence-corrected chi connectivity index (χ2v) is 5.20. The molecule has 0 atom stereocenters. The summed E-state index contributed by atoms with van der Waals surface area (Å²) in [5.74, 6) is -0.103. The third kappa shape index (κ3) is 3.69. The van der Waals surface area contributed by atoms with E-state index in [1.54, 1.807) is 17.5 Å². The summed E-state index contributed by atoms with van der Waals surface area (Å²) in [6.45, 7) is 4.02. The van der Waals surface area contributed by atoms with E-state index in [0.29, 0.717) is 11.4 Å². The van der Waals surface area contributed by atoms with Gasteiger partial charge in [0.25, 0.3) is 5.91 Å². The van der Waals surface area contributed by atoms with Gasteiger partial charge in [-0.05, 0) is 38.1 Å². The molecule has 1 aromatic heterocycles. The summed E-state index contributed by atoms with van der Waals surface area (Å²) in [4.78, 5) is 16.2. The Bertz CT molecular complexity index is 564. The first-order valence-electron chi connectivity index (χ1n) is 5.87. The van der Waals surface area contributed by atoms with Gasteiger partial charge in [-0.25, -0.2) is 4.98 Å². The van der Waals surface area contributed by atoms with Gasteiger partial charge in [0, 0.05) is 17.1 Å². The highest BCUT2D eigenvalue weighted by atomic mass is 32.1. The summed E-state index contributed by atoms with van der Waals surface area (Å²) in [5.41, 5.74) is 0.996. The number of aromatic hydroxyl groups is 1. The standard InChI is InChI=1S/C13H15N3O2S/c1-8(2)14-13-16-11(7-19-13)12(18)15-9-3-5-10(17)6-4-9/h3-8,17H,1-2H3,(H,14,16)(H,15,18). The fourth-order valence-electron chi connectivity index (χ4n) is 1.43. The maximum absolute atomic E-state index is 11.9. The number of carbonyl (C=O) groups is 1. The summed E-state index contributed by atoms with van der Waals surface area (Å²) in [6.07, 6.45) is 0. The van der Waals surface area contributed by atoms with E-state index < -0.39 is 0 Å². The lowest BCUT2D eigenvalue weighted by atomic mass is 10.3. The Morgan fingerprint density at radius 2 is 2.00 bits per heavy atom. The molecule has 0 radical (unpaired) electrons. The van der Waals surface area contributed by atoms with Gasteiger partial charge in [-0.3, -0.25) is 4.79 Å². The number of carbonyl (C=O) groups excluding carboxylic acids is 1. The van der Waals surface area contributed by atoms with Gasteiger partial charge in [0.15, 0.2) is 5.13 Å². The fraction of sp³-hybridized carbons (Fsp3) is 0.231. The number of hydrogen-bond donors (Lipinski definition) is 3. The Balaban J connectivity index is 2.03. The summed E-state index contributed by atoms with van der Waals surface area (Å²) in [6, 6.07) is 6.57. The van der Waals surface area contributed by atoms with Crippen LogP contribution in [0.15, 0.2) is 29.6 Å².